The Bertz CT molecular complexity index is 720. The maximum atomic E-state index is 12.6. The van der Waals surface area contributed by atoms with Gasteiger partial charge < -0.3 is 4.90 Å². The summed E-state index contributed by atoms with van der Waals surface area (Å²) in [5.74, 6) is 0.726. The third-order valence-electron chi connectivity index (χ3n) is 3.90. The number of fused-ring (bicyclic) bond motifs is 1. The molecule has 1 fully saturated rings. The van der Waals surface area contributed by atoms with E-state index < -0.39 is 20.8 Å². The van der Waals surface area contributed by atoms with Crippen molar-refractivity contribution >= 4 is 32.4 Å². The molecule has 0 aliphatic carbocycles. The van der Waals surface area contributed by atoms with Gasteiger partial charge in [-0.05, 0) is 23.8 Å². The molecule has 8 heteroatoms. The molecule has 6 nitrogen and oxygen atoms in total. The number of amides is 1. The van der Waals surface area contributed by atoms with Gasteiger partial charge in [-0.2, -0.15) is 4.31 Å². The van der Waals surface area contributed by atoms with Crippen molar-refractivity contribution in [3.8, 4) is 0 Å². The summed E-state index contributed by atoms with van der Waals surface area (Å²) in [6.07, 6.45) is 0.235. The first kappa shape index (κ1) is 14.7. The Kier molecular flexibility index (Phi) is 3.62. The Morgan fingerprint density at radius 2 is 1.86 bits per heavy atom. The molecule has 1 aromatic carbocycles. The van der Waals surface area contributed by atoms with E-state index >= 15 is 0 Å². The Morgan fingerprint density at radius 3 is 2.52 bits per heavy atom. The lowest BCUT2D eigenvalue weighted by Gasteiger charge is -2.25. The van der Waals surface area contributed by atoms with Gasteiger partial charge in [0.1, 0.15) is 0 Å². The van der Waals surface area contributed by atoms with Crippen LogP contribution in [0.5, 0.6) is 0 Å². The molecule has 0 saturated carbocycles. The number of sulfonamides is 1. The summed E-state index contributed by atoms with van der Waals surface area (Å²) in [4.78, 5) is 13.4. The van der Waals surface area contributed by atoms with Crippen molar-refractivity contribution in [3.63, 3.8) is 0 Å². The zero-order valence-corrected chi connectivity index (χ0v) is 13.2. The Morgan fingerprint density at radius 1 is 1.19 bits per heavy atom. The second-order valence-corrected chi connectivity index (χ2v) is 8.81. The highest BCUT2D eigenvalue weighted by Gasteiger charge is 2.31. The molecule has 0 N–H and O–H groups in total. The molecule has 2 heterocycles. The lowest BCUT2D eigenvalue weighted by Crippen LogP contribution is -2.41. The highest BCUT2D eigenvalue weighted by atomic mass is 32.2. The predicted molar refractivity (Wildman–Crippen MR) is 80.2 cm³/mol. The van der Waals surface area contributed by atoms with E-state index in [4.69, 9.17) is 0 Å². The SMILES string of the molecule is CN1C(=O)Cc2cc(S(=O)(=O)N3CCS(=O)CC3)ccc21. The van der Waals surface area contributed by atoms with Gasteiger partial charge in [0.05, 0.1) is 11.3 Å². The Balaban J connectivity index is 1.92. The van der Waals surface area contributed by atoms with Gasteiger partial charge >= 0.3 is 0 Å². The maximum absolute atomic E-state index is 12.6. The predicted octanol–water partition coefficient (Wildman–Crippen LogP) is -0.0415. The number of benzene rings is 1. The van der Waals surface area contributed by atoms with Crippen LogP contribution < -0.4 is 4.90 Å². The van der Waals surface area contributed by atoms with Gasteiger partial charge in [0.25, 0.3) is 0 Å². The fraction of sp³-hybridized carbons (Fsp3) is 0.462. The van der Waals surface area contributed by atoms with E-state index in [1.807, 2.05) is 0 Å². The van der Waals surface area contributed by atoms with Crippen LogP contribution in [-0.4, -0.2) is 54.5 Å². The molecule has 2 aliphatic rings. The molecule has 0 unspecified atom stereocenters. The summed E-state index contributed by atoms with van der Waals surface area (Å²) in [6.45, 7) is 0.565. The molecular formula is C13H16N2O4S2. The molecule has 1 aromatic rings. The molecule has 2 aliphatic heterocycles. The van der Waals surface area contributed by atoms with E-state index in [1.54, 1.807) is 19.2 Å². The summed E-state index contributed by atoms with van der Waals surface area (Å²) in [6, 6.07) is 4.79. The summed E-state index contributed by atoms with van der Waals surface area (Å²) >= 11 is 0. The van der Waals surface area contributed by atoms with Crippen LogP contribution in [0, 0.1) is 0 Å². The molecule has 1 amide bonds. The van der Waals surface area contributed by atoms with Crippen LogP contribution in [0.15, 0.2) is 23.1 Å². The second-order valence-electron chi connectivity index (χ2n) is 5.17. The Hall–Kier alpha value is -1.25. The number of hydrogen-bond donors (Lipinski definition) is 0. The number of anilines is 1. The van der Waals surface area contributed by atoms with Crippen LogP contribution in [0.3, 0.4) is 0 Å². The van der Waals surface area contributed by atoms with Crippen molar-refractivity contribution in [3.05, 3.63) is 23.8 Å². The van der Waals surface area contributed by atoms with Crippen LogP contribution in [0.2, 0.25) is 0 Å². The maximum Gasteiger partial charge on any atom is 0.243 e. The average Bonchev–Trinajstić information content (AvgIpc) is 2.74. The van der Waals surface area contributed by atoms with Crippen LogP contribution >= 0.6 is 0 Å². The van der Waals surface area contributed by atoms with Gasteiger partial charge in [-0.1, -0.05) is 0 Å². The highest BCUT2D eigenvalue weighted by Crippen LogP contribution is 2.30. The zero-order valence-electron chi connectivity index (χ0n) is 11.6. The number of rotatable bonds is 2. The van der Waals surface area contributed by atoms with Crippen LogP contribution in [0.1, 0.15) is 5.56 Å². The monoisotopic (exact) mass is 328 g/mol. The third kappa shape index (κ3) is 2.51. The molecule has 21 heavy (non-hydrogen) atoms. The van der Waals surface area contributed by atoms with Crippen LogP contribution in [0.4, 0.5) is 5.69 Å². The first-order chi connectivity index (χ1) is 9.89. The van der Waals surface area contributed by atoms with E-state index in [9.17, 15) is 17.4 Å². The number of carbonyl (C=O) groups is 1. The third-order valence-corrected chi connectivity index (χ3v) is 7.07. The largest absolute Gasteiger partial charge is 0.315 e. The van der Waals surface area contributed by atoms with E-state index in [0.717, 1.165) is 11.3 Å². The molecule has 0 spiro atoms. The van der Waals surface area contributed by atoms with Gasteiger partial charge in [-0.15, -0.1) is 0 Å². The fourth-order valence-electron chi connectivity index (χ4n) is 2.62. The minimum Gasteiger partial charge on any atom is -0.315 e. The van der Waals surface area contributed by atoms with Gasteiger partial charge in [0.15, 0.2) is 0 Å². The summed E-state index contributed by atoms with van der Waals surface area (Å²) in [7, 11) is -2.81. The van der Waals surface area contributed by atoms with E-state index in [0.29, 0.717) is 11.5 Å². The summed E-state index contributed by atoms with van der Waals surface area (Å²) < 4.78 is 37.9. The number of carbonyl (C=O) groups excluding carboxylic acids is 1. The molecule has 0 aromatic heterocycles. The molecule has 3 rings (SSSR count). The van der Waals surface area contributed by atoms with Crippen molar-refractivity contribution in [2.75, 3.05) is 36.5 Å². The second kappa shape index (κ2) is 5.19. The van der Waals surface area contributed by atoms with Gasteiger partial charge in [0, 0.05) is 48.1 Å². The normalized spacial score (nSPS) is 20.8. The lowest BCUT2D eigenvalue weighted by molar-refractivity contribution is -0.117. The van der Waals surface area contributed by atoms with E-state index in [-0.39, 0.29) is 30.3 Å². The average molecular weight is 328 g/mol. The lowest BCUT2D eigenvalue weighted by atomic mass is 10.2. The van der Waals surface area contributed by atoms with Crippen molar-refractivity contribution in [1.29, 1.82) is 0 Å². The minimum absolute atomic E-state index is 0.0343. The fourth-order valence-corrected chi connectivity index (χ4v) is 5.39. The van der Waals surface area contributed by atoms with Crippen molar-refractivity contribution in [1.82, 2.24) is 4.31 Å². The smallest absolute Gasteiger partial charge is 0.243 e. The molecular weight excluding hydrogens is 312 g/mol. The van der Waals surface area contributed by atoms with Crippen LogP contribution in [0.25, 0.3) is 0 Å². The molecule has 114 valence electrons. The Labute approximate surface area is 126 Å². The zero-order chi connectivity index (χ0) is 15.2. The quantitative estimate of drug-likeness (QED) is 0.763. The van der Waals surface area contributed by atoms with Crippen molar-refractivity contribution in [2.45, 2.75) is 11.3 Å². The van der Waals surface area contributed by atoms with Gasteiger partial charge in [0.2, 0.25) is 15.9 Å². The number of nitrogens with zero attached hydrogens (tertiary/aromatic N) is 2. The summed E-state index contributed by atoms with van der Waals surface area (Å²) in [5, 5.41) is 0. The van der Waals surface area contributed by atoms with Crippen molar-refractivity contribution < 1.29 is 17.4 Å². The first-order valence-electron chi connectivity index (χ1n) is 6.64. The molecule has 0 bridgehead atoms. The molecule has 1 saturated heterocycles. The highest BCUT2D eigenvalue weighted by molar-refractivity contribution is 7.89. The van der Waals surface area contributed by atoms with E-state index in [2.05, 4.69) is 0 Å². The first-order valence-corrected chi connectivity index (χ1v) is 9.57. The standard InChI is InChI=1S/C13H16N2O4S2/c1-14-12-3-2-11(8-10(12)9-13(14)16)21(18,19)15-4-6-20(17)7-5-15/h2-3,8H,4-7,9H2,1H3. The molecule has 0 radical (unpaired) electrons. The molecule has 0 atom stereocenters. The van der Waals surface area contributed by atoms with Crippen LogP contribution in [-0.2, 0) is 32.0 Å². The van der Waals surface area contributed by atoms with Gasteiger partial charge in [-0.25, -0.2) is 8.42 Å². The van der Waals surface area contributed by atoms with E-state index in [1.165, 1.54) is 15.3 Å². The number of likely N-dealkylation sites (N-methyl/N-ethyl adjacent to an activating group) is 1. The summed E-state index contributed by atoms with van der Waals surface area (Å²) in [5.41, 5.74) is 1.50. The number of hydrogen-bond acceptors (Lipinski definition) is 4. The van der Waals surface area contributed by atoms with Crippen molar-refractivity contribution in [2.24, 2.45) is 0 Å². The topological polar surface area (TPSA) is 74.8 Å². The van der Waals surface area contributed by atoms with Gasteiger partial charge in [-0.3, -0.25) is 9.00 Å². The minimum atomic E-state index is -3.57.